The zero-order valence-electron chi connectivity index (χ0n) is 12.2. The van der Waals surface area contributed by atoms with Crippen LogP contribution in [-0.2, 0) is 9.84 Å². The van der Waals surface area contributed by atoms with Crippen molar-refractivity contribution in [2.45, 2.75) is 25.5 Å². The fraction of sp³-hybridized carbons (Fsp3) is 0.500. The third-order valence-corrected chi connectivity index (χ3v) is 5.58. The summed E-state index contributed by atoms with van der Waals surface area (Å²) in [6.07, 6.45) is 0. The van der Waals surface area contributed by atoms with Crippen molar-refractivity contribution >= 4 is 15.5 Å². The third-order valence-electron chi connectivity index (χ3n) is 2.97. The molecule has 1 rings (SSSR count). The molecule has 0 saturated carbocycles. The summed E-state index contributed by atoms with van der Waals surface area (Å²) in [6, 6.07) is 7.15. The number of benzene rings is 1. The molecule has 20 heavy (non-hydrogen) atoms. The lowest BCUT2D eigenvalue weighted by Crippen LogP contribution is -2.33. The van der Waals surface area contributed by atoms with Crippen molar-refractivity contribution in [3.63, 3.8) is 0 Å². The van der Waals surface area contributed by atoms with E-state index in [1.807, 2.05) is 0 Å². The Hall–Kier alpha value is -1.74. The van der Waals surface area contributed by atoms with Gasteiger partial charge >= 0.3 is 0 Å². The number of rotatable bonds is 5. The number of sulfone groups is 1. The van der Waals surface area contributed by atoms with Crippen molar-refractivity contribution < 1.29 is 13.2 Å². The SMILES string of the molecule is COc1cccc(C#N)c1NCCS(=O)(=O)C(C)(C)C. The van der Waals surface area contributed by atoms with Crippen molar-refractivity contribution in [3.05, 3.63) is 23.8 Å². The first kappa shape index (κ1) is 16.3. The molecule has 1 N–H and O–H groups in total. The van der Waals surface area contributed by atoms with Crippen molar-refractivity contribution in [1.29, 1.82) is 5.26 Å². The second-order valence-electron chi connectivity index (χ2n) is 5.35. The molecule has 0 unspecified atom stereocenters. The van der Waals surface area contributed by atoms with Crippen LogP contribution in [0.15, 0.2) is 18.2 Å². The third kappa shape index (κ3) is 3.64. The van der Waals surface area contributed by atoms with Crippen LogP contribution >= 0.6 is 0 Å². The Labute approximate surface area is 120 Å². The summed E-state index contributed by atoms with van der Waals surface area (Å²) in [5.74, 6) is 0.525. The molecule has 0 atom stereocenters. The van der Waals surface area contributed by atoms with Crippen LogP contribution in [0.3, 0.4) is 0 Å². The van der Waals surface area contributed by atoms with Gasteiger partial charge in [0.15, 0.2) is 9.84 Å². The van der Waals surface area contributed by atoms with E-state index in [1.165, 1.54) is 7.11 Å². The molecular formula is C14H20N2O3S. The number of hydrogen-bond donors (Lipinski definition) is 1. The van der Waals surface area contributed by atoms with Crippen molar-refractivity contribution in [3.8, 4) is 11.8 Å². The number of nitrogens with zero attached hydrogens (tertiary/aromatic N) is 1. The summed E-state index contributed by atoms with van der Waals surface area (Å²) < 4.78 is 28.4. The summed E-state index contributed by atoms with van der Waals surface area (Å²) in [5, 5.41) is 12.0. The Kier molecular flexibility index (Phi) is 5.01. The van der Waals surface area contributed by atoms with E-state index in [0.717, 1.165) is 0 Å². The number of nitrogens with one attached hydrogen (secondary N) is 1. The maximum Gasteiger partial charge on any atom is 0.156 e. The van der Waals surface area contributed by atoms with Gasteiger partial charge in [-0.25, -0.2) is 8.42 Å². The highest BCUT2D eigenvalue weighted by molar-refractivity contribution is 7.92. The molecular weight excluding hydrogens is 276 g/mol. The number of para-hydroxylation sites is 1. The van der Waals surface area contributed by atoms with E-state index in [2.05, 4.69) is 11.4 Å². The predicted molar refractivity (Wildman–Crippen MR) is 79.7 cm³/mol. The molecule has 0 aliphatic carbocycles. The van der Waals surface area contributed by atoms with Gasteiger partial charge in [-0.15, -0.1) is 0 Å². The van der Waals surface area contributed by atoms with E-state index >= 15 is 0 Å². The van der Waals surface area contributed by atoms with E-state index in [9.17, 15) is 8.42 Å². The quantitative estimate of drug-likeness (QED) is 0.901. The lowest BCUT2D eigenvalue weighted by atomic mass is 10.2. The molecule has 0 saturated heterocycles. The van der Waals surface area contributed by atoms with Crippen LogP contribution in [-0.4, -0.2) is 32.6 Å². The smallest absolute Gasteiger partial charge is 0.156 e. The van der Waals surface area contributed by atoms with Crippen molar-refractivity contribution in [2.75, 3.05) is 24.7 Å². The monoisotopic (exact) mass is 296 g/mol. The Morgan fingerprint density at radius 3 is 2.50 bits per heavy atom. The molecule has 1 aromatic carbocycles. The Morgan fingerprint density at radius 1 is 1.35 bits per heavy atom. The molecule has 1 aromatic rings. The molecule has 0 aliphatic heterocycles. The fourth-order valence-electron chi connectivity index (χ4n) is 1.59. The van der Waals surface area contributed by atoms with Gasteiger partial charge in [0.05, 0.1) is 28.9 Å². The van der Waals surface area contributed by atoms with Gasteiger partial charge in [0, 0.05) is 6.54 Å². The lowest BCUT2D eigenvalue weighted by molar-refractivity contribution is 0.416. The highest BCUT2D eigenvalue weighted by Gasteiger charge is 2.28. The van der Waals surface area contributed by atoms with Crippen molar-refractivity contribution in [2.24, 2.45) is 0 Å². The Morgan fingerprint density at radius 2 is 2.00 bits per heavy atom. The first-order valence-corrected chi connectivity index (χ1v) is 7.91. The Bertz CT molecular complexity index is 610. The molecule has 0 amide bonds. The largest absolute Gasteiger partial charge is 0.495 e. The second-order valence-corrected chi connectivity index (χ2v) is 8.22. The molecule has 0 heterocycles. The van der Waals surface area contributed by atoms with E-state index in [1.54, 1.807) is 39.0 Å². The van der Waals surface area contributed by atoms with Gasteiger partial charge in [-0.2, -0.15) is 5.26 Å². The van der Waals surface area contributed by atoms with Gasteiger partial charge in [0.1, 0.15) is 11.8 Å². The first-order valence-electron chi connectivity index (χ1n) is 6.26. The maximum absolute atomic E-state index is 12.0. The zero-order valence-corrected chi connectivity index (χ0v) is 13.0. The Balaban J connectivity index is 2.85. The van der Waals surface area contributed by atoms with E-state index in [-0.39, 0.29) is 12.3 Å². The van der Waals surface area contributed by atoms with Gasteiger partial charge in [-0.05, 0) is 32.9 Å². The molecule has 0 aliphatic rings. The van der Waals surface area contributed by atoms with Crippen LogP contribution in [0.5, 0.6) is 5.75 Å². The minimum absolute atomic E-state index is 0.000578. The van der Waals surface area contributed by atoms with Gasteiger partial charge < -0.3 is 10.1 Å². The van der Waals surface area contributed by atoms with E-state index in [0.29, 0.717) is 17.0 Å². The molecule has 0 bridgehead atoms. The molecule has 110 valence electrons. The normalized spacial score (nSPS) is 11.8. The number of anilines is 1. The molecule has 0 aromatic heterocycles. The van der Waals surface area contributed by atoms with E-state index in [4.69, 9.17) is 10.00 Å². The highest BCUT2D eigenvalue weighted by atomic mass is 32.2. The van der Waals surface area contributed by atoms with Crippen LogP contribution in [0, 0.1) is 11.3 Å². The van der Waals surface area contributed by atoms with Gasteiger partial charge in [0.2, 0.25) is 0 Å². The standard InChI is InChI=1S/C14H20N2O3S/c1-14(2,3)20(17,18)9-8-16-13-11(10-15)6-5-7-12(13)19-4/h5-7,16H,8-9H2,1-4H3. The molecule has 0 spiro atoms. The summed E-state index contributed by atoms with van der Waals surface area (Å²) in [6.45, 7) is 5.25. The van der Waals surface area contributed by atoms with Crippen LogP contribution in [0.4, 0.5) is 5.69 Å². The summed E-state index contributed by atoms with van der Waals surface area (Å²) in [5.41, 5.74) is 0.958. The predicted octanol–water partition coefficient (Wildman–Crippen LogP) is 2.19. The lowest BCUT2D eigenvalue weighted by Gasteiger charge is -2.20. The minimum Gasteiger partial charge on any atom is -0.495 e. The van der Waals surface area contributed by atoms with Crippen LogP contribution < -0.4 is 10.1 Å². The van der Waals surface area contributed by atoms with Gasteiger partial charge in [-0.3, -0.25) is 0 Å². The minimum atomic E-state index is -3.19. The second kappa shape index (κ2) is 6.14. The average molecular weight is 296 g/mol. The number of nitriles is 1. The van der Waals surface area contributed by atoms with Gasteiger partial charge in [-0.1, -0.05) is 6.07 Å². The van der Waals surface area contributed by atoms with Crippen molar-refractivity contribution in [1.82, 2.24) is 0 Å². The van der Waals surface area contributed by atoms with E-state index < -0.39 is 14.6 Å². The first-order chi connectivity index (χ1) is 9.23. The summed E-state index contributed by atoms with van der Waals surface area (Å²) in [7, 11) is -1.69. The molecule has 0 radical (unpaired) electrons. The van der Waals surface area contributed by atoms with Crippen LogP contribution in [0.1, 0.15) is 26.3 Å². The number of hydrogen-bond acceptors (Lipinski definition) is 5. The number of ether oxygens (including phenoxy) is 1. The summed E-state index contributed by atoms with van der Waals surface area (Å²) >= 11 is 0. The summed E-state index contributed by atoms with van der Waals surface area (Å²) in [4.78, 5) is 0. The molecule has 6 heteroatoms. The van der Waals surface area contributed by atoms with Crippen LogP contribution in [0.25, 0.3) is 0 Å². The maximum atomic E-state index is 12.0. The fourth-order valence-corrected chi connectivity index (χ4v) is 2.58. The highest BCUT2D eigenvalue weighted by Crippen LogP contribution is 2.27. The van der Waals surface area contributed by atoms with Crippen LogP contribution in [0.2, 0.25) is 0 Å². The zero-order chi connectivity index (χ0) is 15.4. The topological polar surface area (TPSA) is 79.2 Å². The van der Waals surface area contributed by atoms with Gasteiger partial charge in [0.25, 0.3) is 0 Å². The molecule has 5 nitrogen and oxygen atoms in total. The number of methoxy groups -OCH3 is 1. The average Bonchev–Trinajstić information content (AvgIpc) is 2.37. The molecule has 0 fully saturated rings.